The highest BCUT2D eigenvalue weighted by Gasteiger charge is 2.16. The van der Waals surface area contributed by atoms with Crippen LogP contribution in [0.5, 0.6) is 0 Å². The molecule has 6 nitrogen and oxygen atoms in total. The number of aromatic nitrogens is 3. The Morgan fingerprint density at radius 1 is 1.22 bits per heavy atom. The number of para-hydroxylation sites is 1. The molecule has 0 fully saturated rings. The summed E-state index contributed by atoms with van der Waals surface area (Å²) in [6.45, 7) is 1.80. The first-order valence-corrected chi connectivity index (χ1v) is 6.97. The molecule has 0 spiro atoms. The largest absolute Gasteiger partial charge is 0.321 e. The lowest BCUT2D eigenvalue weighted by molar-refractivity contribution is 0.102. The van der Waals surface area contributed by atoms with Crippen LogP contribution < -0.4 is 5.32 Å². The second-order valence-corrected chi connectivity index (χ2v) is 4.85. The van der Waals surface area contributed by atoms with Gasteiger partial charge in [-0.05, 0) is 31.2 Å². The van der Waals surface area contributed by atoms with Crippen LogP contribution in [0.15, 0.2) is 54.9 Å². The Hall–Kier alpha value is -3.46. The normalized spacial score (nSPS) is 10.1. The molecule has 2 heterocycles. The summed E-state index contributed by atoms with van der Waals surface area (Å²) in [5, 5.41) is 16.1. The van der Waals surface area contributed by atoms with E-state index in [0.717, 1.165) is 0 Å². The van der Waals surface area contributed by atoms with Crippen LogP contribution in [0.1, 0.15) is 21.6 Å². The molecule has 6 heteroatoms. The molecule has 0 bridgehead atoms. The van der Waals surface area contributed by atoms with Crippen molar-refractivity contribution in [3.05, 3.63) is 71.7 Å². The number of benzene rings is 1. The van der Waals surface area contributed by atoms with Gasteiger partial charge < -0.3 is 5.32 Å². The van der Waals surface area contributed by atoms with E-state index in [2.05, 4.69) is 21.5 Å². The first-order chi connectivity index (χ1) is 11.2. The molecule has 3 aromatic rings. The second kappa shape index (κ2) is 6.12. The lowest BCUT2D eigenvalue weighted by Crippen LogP contribution is -2.14. The summed E-state index contributed by atoms with van der Waals surface area (Å²) in [7, 11) is 0. The van der Waals surface area contributed by atoms with Gasteiger partial charge in [0.15, 0.2) is 5.82 Å². The molecule has 2 aromatic heterocycles. The molecule has 0 saturated carbocycles. The third-order valence-electron chi connectivity index (χ3n) is 3.42. The Morgan fingerprint density at radius 3 is 2.74 bits per heavy atom. The Bertz CT molecular complexity index is 893. The maximum atomic E-state index is 12.5. The zero-order valence-electron chi connectivity index (χ0n) is 12.4. The van der Waals surface area contributed by atoms with Gasteiger partial charge in [0.2, 0.25) is 0 Å². The monoisotopic (exact) mass is 303 g/mol. The Morgan fingerprint density at radius 2 is 2.00 bits per heavy atom. The lowest BCUT2D eigenvalue weighted by atomic mass is 10.2. The summed E-state index contributed by atoms with van der Waals surface area (Å²) in [5.74, 6) is 0.328. The van der Waals surface area contributed by atoms with Crippen LogP contribution in [-0.4, -0.2) is 20.7 Å². The van der Waals surface area contributed by atoms with Crippen LogP contribution >= 0.6 is 0 Å². The van der Waals surface area contributed by atoms with E-state index in [9.17, 15) is 4.79 Å². The van der Waals surface area contributed by atoms with Crippen molar-refractivity contribution in [2.45, 2.75) is 6.92 Å². The number of nitriles is 1. The van der Waals surface area contributed by atoms with E-state index in [0.29, 0.717) is 28.3 Å². The average Bonchev–Trinajstić information content (AvgIpc) is 2.98. The van der Waals surface area contributed by atoms with Crippen LogP contribution in [0.2, 0.25) is 0 Å². The number of nitrogens with zero attached hydrogens (tertiary/aromatic N) is 4. The molecule has 0 aliphatic heterocycles. The van der Waals surface area contributed by atoms with Crippen molar-refractivity contribution in [3.8, 4) is 11.9 Å². The number of anilines is 1. The van der Waals surface area contributed by atoms with Gasteiger partial charge >= 0.3 is 0 Å². The van der Waals surface area contributed by atoms with Gasteiger partial charge in [-0.2, -0.15) is 10.4 Å². The number of hydrogen-bond donors (Lipinski definition) is 1. The smallest absolute Gasteiger partial charge is 0.259 e. The van der Waals surface area contributed by atoms with Crippen LogP contribution in [0, 0.1) is 18.3 Å². The average molecular weight is 303 g/mol. The van der Waals surface area contributed by atoms with E-state index >= 15 is 0 Å². The van der Waals surface area contributed by atoms with Gasteiger partial charge in [0.05, 0.1) is 28.7 Å². The maximum Gasteiger partial charge on any atom is 0.259 e. The predicted molar refractivity (Wildman–Crippen MR) is 85.2 cm³/mol. The molecule has 0 atom stereocenters. The topological polar surface area (TPSA) is 83.6 Å². The zero-order chi connectivity index (χ0) is 16.2. The molecule has 112 valence electrons. The van der Waals surface area contributed by atoms with E-state index in [-0.39, 0.29) is 5.91 Å². The van der Waals surface area contributed by atoms with Crippen molar-refractivity contribution in [3.63, 3.8) is 0 Å². The lowest BCUT2D eigenvalue weighted by Gasteiger charge is -2.07. The van der Waals surface area contributed by atoms with Gasteiger partial charge in [0.25, 0.3) is 5.91 Å². The predicted octanol–water partition coefficient (Wildman–Crippen LogP) is 2.70. The van der Waals surface area contributed by atoms with E-state index in [4.69, 9.17) is 5.26 Å². The molecular formula is C17H13N5O. The molecular weight excluding hydrogens is 290 g/mol. The van der Waals surface area contributed by atoms with Crippen molar-refractivity contribution in [1.82, 2.24) is 14.8 Å². The minimum atomic E-state index is -0.313. The summed E-state index contributed by atoms with van der Waals surface area (Å²) in [6.07, 6.45) is 3.16. The molecule has 0 aliphatic carbocycles. The second-order valence-electron chi connectivity index (χ2n) is 4.85. The molecule has 3 rings (SSSR count). The van der Waals surface area contributed by atoms with Crippen LogP contribution in [-0.2, 0) is 0 Å². The first-order valence-electron chi connectivity index (χ1n) is 6.97. The van der Waals surface area contributed by atoms with Gasteiger partial charge in [0, 0.05) is 6.20 Å². The van der Waals surface area contributed by atoms with Crippen molar-refractivity contribution in [2.24, 2.45) is 0 Å². The molecule has 0 unspecified atom stereocenters. The fourth-order valence-electron chi connectivity index (χ4n) is 2.22. The quantitative estimate of drug-likeness (QED) is 0.806. The highest BCUT2D eigenvalue weighted by Crippen LogP contribution is 2.17. The fourth-order valence-corrected chi connectivity index (χ4v) is 2.22. The minimum Gasteiger partial charge on any atom is -0.321 e. The summed E-state index contributed by atoms with van der Waals surface area (Å²) < 4.78 is 1.60. The van der Waals surface area contributed by atoms with Crippen molar-refractivity contribution >= 4 is 11.6 Å². The number of carbonyl (C=O) groups is 1. The molecule has 1 aromatic carbocycles. The van der Waals surface area contributed by atoms with E-state index in [1.807, 2.05) is 18.2 Å². The minimum absolute atomic E-state index is 0.313. The summed E-state index contributed by atoms with van der Waals surface area (Å²) >= 11 is 0. The van der Waals surface area contributed by atoms with Gasteiger partial charge in [-0.1, -0.05) is 18.2 Å². The molecule has 0 saturated heterocycles. The number of hydrogen-bond acceptors (Lipinski definition) is 4. The standard InChI is InChI=1S/C17H13N5O/c1-12-14(11-20-22(12)16-8-4-5-9-19-16)17(23)21-15-7-3-2-6-13(15)10-18/h2-9,11H,1H3,(H,21,23). The summed E-state index contributed by atoms with van der Waals surface area (Å²) in [6, 6.07) is 14.4. The number of carbonyl (C=O) groups excluding carboxylic acids is 1. The van der Waals surface area contributed by atoms with Crippen molar-refractivity contribution in [2.75, 3.05) is 5.32 Å². The highest BCUT2D eigenvalue weighted by atomic mass is 16.1. The molecule has 0 radical (unpaired) electrons. The number of pyridine rings is 1. The first kappa shape index (κ1) is 14.5. The zero-order valence-corrected chi connectivity index (χ0v) is 12.4. The van der Waals surface area contributed by atoms with Crippen molar-refractivity contribution < 1.29 is 4.79 Å². The number of nitrogens with one attached hydrogen (secondary N) is 1. The molecule has 23 heavy (non-hydrogen) atoms. The van der Waals surface area contributed by atoms with E-state index in [1.165, 1.54) is 6.20 Å². The van der Waals surface area contributed by atoms with Gasteiger partial charge in [-0.15, -0.1) is 0 Å². The fraction of sp³-hybridized carbons (Fsp3) is 0.0588. The van der Waals surface area contributed by atoms with E-state index < -0.39 is 0 Å². The number of rotatable bonds is 3. The molecule has 1 amide bonds. The SMILES string of the molecule is Cc1c(C(=O)Nc2ccccc2C#N)cnn1-c1ccccn1. The maximum absolute atomic E-state index is 12.5. The molecule has 0 aliphatic rings. The highest BCUT2D eigenvalue weighted by molar-refractivity contribution is 6.05. The third-order valence-corrected chi connectivity index (χ3v) is 3.42. The van der Waals surface area contributed by atoms with Crippen LogP contribution in [0.4, 0.5) is 5.69 Å². The summed E-state index contributed by atoms with van der Waals surface area (Å²) in [4.78, 5) is 16.7. The molecule has 1 N–H and O–H groups in total. The van der Waals surface area contributed by atoms with Crippen LogP contribution in [0.3, 0.4) is 0 Å². The van der Waals surface area contributed by atoms with Crippen LogP contribution in [0.25, 0.3) is 5.82 Å². The Labute approximate surface area is 133 Å². The summed E-state index contributed by atoms with van der Waals surface area (Å²) in [5.41, 5.74) is 2.00. The van der Waals surface area contributed by atoms with Crippen molar-refractivity contribution in [1.29, 1.82) is 5.26 Å². The Balaban J connectivity index is 1.90. The Kier molecular flexibility index (Phi) is 3.85. The van der Waals surface area contributed by atoms with Gasteiger partial charge in [0.1, 0.15) is 6.07 Å². The van der Waals surface area contributed by atoms with E-state index in [1.54, 1.807) is 42.1 Å². The van der Waals surface area contributed by atoms with Gasteiger partial charge in [-0.3, -0.25) is 4.79 Å². The third kappa shape index (κ3) is 2.80. The number of amides is 1. The van der Waals surface area contributed by atoms with Gasteiger partial charge in [-0.25, -0.2) is 9.67 Å².